The number of ether oxygens (including phenoxy) is 1. The number of hydrogen-bond donors (Lipinski definition) is 0. The Morgan fingerprint density at radius 3 is 1.30 bits per heavy atom. The molecule has 0 saturated heterocycles. The zero-order valence-corrected chi connectivity index (χ0v) is 18.4. The maximum absolute atomic E-state index is 6.44. The van der Waals surface area contributed by atoms with Crippen LogP contribution >= 0.6 is 0 Å². The third-order valence-electron chi connectivity index (χ3n) is 5.59. The molecule has 2 aromatic carbocycles. The standard InChI is InChI=1S/C26H34O/c1-15(2)11-23-17(5)13-25(21(9)19(23)7)27-26-14-18(6)24(12-16(3)4)20(8)22(26)10/h13-14H,1,3,11-12H2,2,4-10H3. The smallest absolute Gasteiger partial charge is 0.130 e. The van der Waals surface area contributed by atoms with Crippen molar-refractivity contribution in [1.29, 1.82) is 0 Å². The fourth-order valence-electron chi connectivity index (χ4n) is 3.68. The normalized spacial score (nSPS) is 10.8. The molecule has 1 nitrogen and oxygen atoms in total. The fraction of sp³-hybridized carbons (Fsp3) is 0.385. The molecule has 0 amide bonds. The van der Waals surface area contributed by atoms with E-state index < -0.39 is 0 Å². The first-order chi connectivity index (χ1) is 12.5. The van der Waals surface area contributed by atoms with Gasteiger partial charge in [-0.1, -0.05) is 24.3 Å². The Balaban J connectivity index is 2.49. The van der Waals surface area contributed by atoms with Crippen LogP contribution in [0.15, 0.2) is 36.4 Å². The van der Waals surface area contributed by atoms with Gasteiger partial charge in [0.1, 0.15) is 11.5 Å². The molecule has 0 aliphatic heterocycles. The zero-order valence-electron chi connectivity index (χ0n) is 18.4. The van der Waals surface area contributed by atoms with Crippen molar-refractivity contribution in [3.8, 4) is 11.5 Å². The van der Waals surface area contributed by atoms with Crippen molar-refractivity contribution in [1.82, 2.24) is 0 Å². The van der Waals surface area contributed by atoms with Gasteiger partial charge in [-0.25, -0.2) is 0 Å². The van der Waals surface area contributed by atoms with Crippen LogP contribution in [-0.2, 0) is 12.8 Å². The molecular weight excluding hydrogens is 328 g/mol. The molecular formula is C26H34O. The molecule has 27 heavy (non-hydrogen) atoms. The van der Waals surface area contributed by atoms with Crippen LogP contribution in [-0.4, -0.2) is 0 Å². The Labute approximate surface area is 165 Å². The van der Waals surface area contributed by atoms with Gasteiger partial charge in [-0.05, 0) is 125 Å². The van der Waals surface area contributed by atoms with Crippen LogP contribution in [0.25, 0.3) is 0 Å². The van der Waals surface area contributed by atoms with Gasteiger partial charge in [0.2, 0.25) is 0 Å². The van der Waals surface area contributed by atoms with Gasteiger partial charge in [0.05, 0.1) is 0 Å². The van der Waals surface area contributed by atoms with E-state index in [2.05, 4.69) is 80.7 Å². The molecule has 0 aromatic heterocycles. The molecule has 0 radical (unpaired) electrons. The van der Waals surface area contributed by atoms with Crippen LogP contribution in [0.5, 0.6) is 11.5 Å². The number of rotatable bonds is 6. The second-order valence-corrected chi connectivity index (χ2v) is 8.21. The predicted octanol–water partition coefficient (Wildman–Crippen LogP) is 7.57. The van der Waals surface area contributed by atoms with E-state index in [9.17, 15) is 0 Å². The molecule has 0 N–H and O–H groups in total. The Bertz CT molecular complexity index is 837. The van der Waals surface area contributed by atoms with Crippen LogP contribution in [0, 0.1) is 41.5 Å². The van der Waals surface area contributed by atoms with Crippen LogP contribution in [0.3, 0.4) is 0 Å². The summed E-state index contributed by atoms with van der Waals surface area (Å²) in [6.07, 6.45) is 1.84. The van der Waals surface area contributed by atoms with Gasteiger partial charge in [0.25, 0.3) is 0 Å². The summed E-state index contributed by atoms with van der Waals surface area (Å²) >= 11 is 0. The molecule has 0 heterocycles. The zero-order chi connectivity index (χ0) is 20.5. The average Bonchev–Trinajstić information content (AvgIpc) is 2.57. The van der Waals surface area contributed by atoms with Crippen molar-refractivity contribution in [3.05, 3.63) is 80.9 Å². The molecule has 0 aliphatic carbocycles. The highest BCUT2D eigenvalue weighted by Gasteiger charge is 2.16. The quantitative estimate of drug-likeness (QED) is 0.482. The van der Waals surface area contributed by atoms with Crippen LogP contribution < -0.4 is 4.74 Å². The van der Waals surface area contributed by atoms with E-state index >= 15 is 0 Å². The van der Waals surface area contributed by atoms with E-state index in [0.717, 1.165) is 24.3 Å². The summed E-state index contributed by atoms with van der Waals surface area (Å²) in [7, 11) is 0. The molecule has 0 spiro atoms. The van der Waals surface area contributed by atoms with Crippen molar-refractivity contribution in [2.75, 3.05) is 0 Å². The lowest BCUT2D eigenvalue weighted by Crippen LogP contribution is -2.03. The summed E-state index contributed by atoms with van der Waals surface area (Å²) < 4.78 is 6.44. The van der Waals surface area contributed by atoms with E-state index in [1.54, 1.807) is 0 Å². The SMILES string of the molecule is C=C(C)Cc1c(C)cc(Oc2cc(C)c(CC(=C)C)c(C)c2C)c(C)c1C. The van der Waals surface area contributed by atoms with Crippen molar-refractivity contribution in [3.63, 3.8) is 0 Å². The lowest BCUT2D eigenvalue weighted by molar-refractivity contribution is 0.472. The highest BCUT2D eigenvalue weighted by atomic mass is 16.5. The Morgan fingerprint density at radius 1 is 0.667 bits per heavy atom. The Morgan fingerprint density at radius 2 is 1.00 bits per heavy atom. The van der Waals surface area contributed by atoms with E-state index in [4.69, 9.17) is 4.74 Å². The van der Waals surface area contributed by atoms with Crippen molar-refractivity contribution < 1.29 is 4.74 Å². The molecule has 0 unspecified atom stereocenters. The summed E-state index contributed by atoms with van der Waals surface area (Å²) in [6, 6.07) is 4.35. The number of hydrogen-bond acceptors (Lipinski definition) is 1. The van der Waals surface area contributed by atoms with Gasteiger partial charge >= 0.3 is 0 Å². The first-order valence-corrected chi connectivity index (χ1v) is 9.68. The highest BCUT2D eigenvalue weighted by Crippen LogP contribution is 2.36. The van der Waals surface area contributed by atoms with Gasteiger partial charge in [0, 0.05) is 0 Å². The van der Waals surface area contributed by atoms with Crippen molar-refractivity contribution in [2.24, 2.45) is 0 Å². The second-order valence-electron chi connectivity index (χ2n) is 8.21. The Hall–Kier alpha value is -2.28. The predicted molar refractivity (Wildman–Crippen MR) is 118 cm³/mol. The van der Waals surface area contributed by atoms with Crippen molar-refractivity contribution in [2.45, 2.75) is 68.2 Å². The maximum Gasteiger partial charge on any atom is 0.130 e. The Kier molecular flexibility index (Phi) is 6.36. The molecule has 0 aliphatic rings. The average molecular weight is 363 g/mol. The molecule has 1 heteroatoms. The topological polar surface area (TPSA) is 9.23 Å². The summed E-state index contributed by atoms with van der Waals surface area (Å²) in [5.74, 6) is 1.90. The largest absolute Gasteiger partial charge is 0.457 e. The highest BCUT2D eigenvalue weighted by molar-refractivity contribution is 5.54. The molecule has 2 aromatic rings. The second kappa shape index (κ2) is 8.17. The minimum Gasteiger partial charge on any atom is -0.457 e. The fourth-order valence-corrected chi connectivity index (χ4v) is 3.68. The first kappa shape index (κ1) is 21.0. The van der Waals surface area contributed by atoms with Crippen molar-refractivity contribution >= 4 is 0 Å². The molecule has 0 bridgehead atoms. The van der Waals surface area contributed by atoms with Crippen LogP contribution in [0.2, 0.25) is 0 Å². The lowest BCUT2D eigenvalue weighted by atomic mass is 9.92. The molecule has 2 rings (SSSR count). The van der Waals surface area contributed by atoms with Crippen LogP contribution in [0.4, 0.5) is 0 Å². The van der Waals surface area contributed by atoms with Crippen LogP contribution in [0.1, 0.15) is 58.4 Å². The first-order valence-electron chi connectivity index (χ1n) is 9.68. The van der Waals surface area contributed by atoms with Gasteiger partial charge < -0.3 is 4.74 Å². The third kappa shape index (κ3) is 4.53. The number of allylic oxidation sites excluding steroid dienone is 2. The monoisotopic (exact) mass is 362 g/mol. The molecule has 144 valence electrons. The summed E-state index contributed by atoms with van der Waals surface area (Å²) in [4.78, 5) is 0. The van der Waals surface area contributed by atoms with E-state index in [0.29, 0.717) is 0 Å². The summed E-state index contributed by atoms with van der Waals surface area (Å²) in [6.45, 7) is 25.3. The number of benzene rings is 2. The number of aryl methyl sites for hydroxylation is 2. The van der Waals surface area contributed by atoms with Gasteiger partial charge in [-0.2, -0.15) is 0 Å². The van der Waals surface area contributed by atoms with E-state index in [-0.39, 0.29) is 0 Å². The lowest BCUT2D eigenvalue weighted by Gasteiger charge is -2.21. The maximum atomic E-state index is 6.44. The molecule has 0 saturated carbocycles. The van der Waals surface area contributed by atoms with E-state index in [1.165, 1.54) is 55.7 Å². The minimum atomic E-state index is 0.922. The summed E-state index contributed by atoms with van der Waals surface area (Å²) in [5.41, 5.74) is 12.7. The van der Waals surface area contributed by atoms with Gasteiger partial charge in [-0.15, -0.1) is 0 Å². The van der Waals surface area contributed by atoms with Gasteiger partial charge in [-0.3, -0.25) is 0 Å². The third-order valence-corrected chi connectivity index (χ3v) is 5.59. The minimum absolute atomic E-state index is 0.922. The summed E-state index contributed by atoms with van der Waals surface area (Å²) in [5, 5.41) is 0. The van der Waals surface area contributed by atoms with E-state index in [1.807, 2.05) is 0 Å². The molecule has 0 fully saturated rings. The molecule has 0 atom stereocenters. The van der Waals surface area contributed by atoms with Gasteiger partial charge in [0.15, 0.2) is 0 Å².